The number of nitrogens with one attached hydrogen (secondary N) is 2. The van der Waals surface area contributed by atoms with Crippen LogP contribution in [0.4, 0.5) is 5.69 Å². The summed E-state index contributed by atoms with van der Waals surface area (Å²) in [5, 5.41) is 6.07. The van der Waals surface area contributed by atoms with Gasteiger partial charge in [0.1, 0.15) is 0 Å². The number of hydrogen-bond acceptors (Lipinski definition) is 5. The summed E-state index contributed by atoms with van der Waals surface area (Å²) in [5.74, 6) is 0.441. The van der Waals surface area contributed by atoms with Gasteiger partial charge in [-0.1, -0.05) is 12.1 Å². The first-order valence-electron chi connectivity index (χ1n) is 7.89. The lowest BCUT2D eigenvalue weighted by molar-refractivity contribution is 0.0996. The molecular weight excluding hydrogens is 328 g/mol. The van der Waals surface area contributed by atoms with E-state index in [-0.39, 0.29) is 23.5 Å². The first kappa shape index (κ1) is 16.7. The van der Waals surface area contributed by atoms with E-state index in [1.165, 1.54) is 6.26 Å². The first-order valence-corrected chi connectivity index (χ1v) is 9.71. The maximum Gasteiger partial charge on any atom is 0.291 e. The summed E-state index contributed by atoms with van der Waals surface area (Å²) < 4.78 is 28.4. The van der Waals surface area contributed by atoms with Crippen molar-refractivity contribution in [1.82, 2.24) is 5.32 Å². The quantitative estimate of drug-likeness (QED) is 0.865. The van der Waals surface area contributed by atoms with E-state index in [1.54, 1.807) is 18.2 Å². The highest BCUT2D eigenvalue weighted by Crippen LogP contribution is 2.15. The molecule has 3 rings (SSSR count). The van der Waals surface area contributed by atoms with Crippen molar-refractivity contribution in [2.75, 3.05) is 16.8 Å². The van der Waals surface area contributed by atoms with Crippen molar-refractivity contribution in [3.05, 3.63) is 54.0 Å². The molecule has 1 aliphatic heterocycles. The van der Waals surface area contributed by atoms with Crippen LogP contribution in [0.1, 0.15) is 29.0 Å². The monoisotopic (exact) mass is 348 g/mol. The lowest BCUT2D eigenvalue weighted by Gasteiger charge is -2.23. The van der Waals surface area contributed by atoms with Gasteiger partial charge in [-0.15, -0.1) is 0 Å². The SMILES string of the molecule is O=C(Nc1cccc(CNC2CCCS(=O)(=O)C2)c1)c1ccco1. The third-order valence-electron chi connectivity index (χ3n) is 3.99. The molecule has 1 atom stereocenters. The molecule has 0 radical (unpaired) electrons. The summed E-state index contributed by atoms with van der Waals surface area (Å²) in [6, 6.07) is 10.7. The minimum atomic E-state index is -2.92. The molecule has 0 aliphatic carbocycles. The molecule has 1 fully saturated rings. The Morgan fingerprint density at radius 1 is 1.25 bits per heavy atom. The van der Waals surface area contributed by atoms with Crippen molar-refractivity contribution in [3.8, 4) is 0 Å². The van der Waals surface area contributed by atoms with Crippen LogP contribution >= 0.6 is 0 Å². The molecule has 128 valence electrons. The molecule has 0 saturated carbocycles. The number of carbonyl (C=O) groups excluding carboxylic acids is 1. The summed E-state index contributed by atoms with van der Waals surface area (Å²) in [6.07, 6.45) is 3.03. The minimum absolute atomic E-state index is 0.00915. The zero-order valence-corrected chi connectivity index (χ0v) is 14.0. The van der Waals surface area contributed by atoms with Crippen molar-refractivity contribution >= 4 is 21.4 Å². The van der Waals surface area contributed by atoms with Crippen LogP contribution in [0.3, 0.4) is 0 Å². The fourth-order valence-corrected chi connectivity index (χ4v) is 4.48. The molecule has 2 aromatic rings. The van der Waals surface area contributed by atoms with E-state index in [2.05, 4.69) is 10.6 Å². The Bertz CT molecular complexity index is 800. The van der Waals surface area contributed by atoms with Crippen LogP contribution in [0, 0.1) is 0 Å². The summed E-state index contributed by atoms with van der Waals surface area (Å²) in [5.41, 5.74) is 1.65. The molecule has 1 aliphatic rings. The average Bonchev–Trinajstić information content (AvgIpc) is 3.07. The van der Waals surface area contributed by atoms with Crippen molar-refractivity contribution in [2.45, 2.75) is 25.4 Å². The van der Waals surface area contributed by atoms with Gasteiger partial charge < -0.3 is 15.1 Å². The highest BCUT2D eigenvalue weighted by Gasteiger charge is 2.24. The number of furan rings is 1. The molecular formula is C17H20N2O4S. The number of carbonyl (C=O) groups is 1. The van der Waals surface area contributed by atoms with Gasteiger partial charge in [0.05, 0.1) is 17.8 Å². The fraction of sp³-hybridized carbons (Fsp3) is 0.353. The lowest BCUT2D eigenvalue weighted by atomic mass is 10.1. The third kappa shape index (κ3) is 4.46. The van der Waals surface area contributed by atoms with E-state index in [0.717, 1.165) is 12.0 Å². The standard InChI is InChI=1S/C17H20N2O4S/c20-17(16-7-2-8-23-16)19-14-5-1-4-13(10-14)11-18-15-6-3-9-24(21,22)12-15/h1-2,4-5,7-8,10,15,18H,3,6,9,11-12H2,(H,19,20). The van der Waals surface area contributed by atoms with Gasteiger partial charge in [0.25, 0.3) is 5.91 Å². The summed E-state index contributed by atoms with van der Waals surface area (Å²) in [4.78, 5) is 12.0. The molecule has 1 saturated heterocycles. The number of anilines is 1. The molecule has 1 amide bonds. The highest BCUT2D eigenvalue weighted by molar-refractivity contribution is 7.91. The molecule has 2 heterocycles. The second-order valence-electron chi connectivity index (χ2n) is 5.97. The van der Waals surface area contributed by atoms with Crippen LogP contribution in [-0.2, 0) is 16.4 Å². The molecule has 1 unspecified atom stereocenters. The van der Waals surface area contributed by atoms with Crippen molar-refractivity contribution in [2.24, 2.45) is 0 Å². The van der Waals surface area contributed by atoms with Gasteiger partial charge in [-0.2, -0.15) is 0 Å². The third-order valence-corrected chi connectivity index (χ3v) is 5.81. The Hall–Kier alpha value is -2.12. The zero-order chi connectivity index (χ0) is 17.0. The first-order chi connectivity index (χ1) is 11.5. The summed E-state index contributed by atoms with van der Waals surface area (Å²) in [6.45, 7) is 0.560. The summed E-state index contributed by atoms with van der Waals surface area (Å²) >= 11 is 0. The van der Waals surface area contributed by atoms with Crippen molar-refractivity contribution in [1.29, 1.82) is 0 Å². The minimum Gasteiger partial charge on any atom is -0.459 e. The Morgan fingerprint density at radius 3 is 2.88 bits per heavy atom. The van der Waals surface area contributed by atoms with Crippen molar-refractivity contribution in [3.63, 3.8) is 0 Å². The molecule has 6 nitrogen and oxygen atoms in total. The van der Waals surface area contributed by atoms with E-state index < -0.39 is 9.84 Å². The molecule has 2 N–H and O–H groups in total. The number of sulfone groups is 1. The van der Waals surface area contributed by atoms with Crippen LogP contribution in [0.25, 0.3) is 0 Å². The van der Waals surface area contributed by atoms with Crippen LogP contribution in [-0.4, -0.2) is 31.9 Å². The molecule has 0 bridgehead atoms. The maximum atomic E-state index is 12.0. The maximum absolute atomic E-state index is 12.0. The van der Waals surface area contributed by atoms with Gasteiger partial charge in [0.2, 0.25) is 0 Å². The van der Waals surface area contributed by atoms with Crippen LogP contribution < -0.4 is 10.6 Å². The average molecular weight is 348 g/mol. The number of hydrogen-bond donors (Lipinski definition) is 2. The van der Waals surface area contributed by atoms with E-state index in [1.807, 2.05) is 18.2 Å². The number of amides is 1. The van der Waals surface area contributed by atoms with E-state index in [4.69, 9.17) is 4.42 Å². The van der Waals surface area contributed by atoms with Crippen LogP contribution in [0.2, 0.25) is 0 Å². The van der Waals surface area contributed by atoms with Gasteiger partial charge >= 0.3 is 0 Å². The number of rotatable bonds is 5. The van der Waals surface area contributed by atoms with Gasteiger partial charge in [-0.05, 0) is 42.7 Å². The Labute approximate surface area is 141 Å². The predicted molar refractivity (Wildman–Crippen MR) is 91.6 cm³/mol. The number of benzene rings is 1. The normalized spacial score (nSPS) is 19.8. The Morgan fingerprint density at radius 2 is 2.12 bits per heavy atom. The summed E-state index contributed by atoms with van der Waals surface area (Å²) in [7, 11) is -2.92. The van der Waals surface area contributed by atoms with Crippen LogP contribution in [0.5, 0.6) is 0 Å². The second-order valence-corrected chi connectivity index (χ2v) is 8.19. The largest absolute Gasteiger partial charge is 0.459 e. The van der Waals surface area contributed by atoms with Gasteiger partial charge in [0, 0.05) is 18.3 Å². The Kier molecular flexibility index (Phi) is 5.01. The molecule has 24 heavy (non-hydrogen) atoms. The molecule has 1 aromatic heterocycles. The predicted octanol–water partition coefficient (Wildman–Crippen LogP) is 2.20. The Balaban J connectivity index is 1.58. The molecule has 7 heteroatoms. The second kappa shape index (κ2) is 7.19. The topological polar surface area (TPSA) is 88.4 Å². The van der Waals surface area contributed by atoms with Gasteiger partial charge in [-0.25, -0.2) is 8.42 Å². The zero-order valence-electron chi connectivity index (χ0n) is 13.2. The fourth-order valence-electron chi connectivity index (χ4n) is 2.81. The van der Waals surface area contributed by atoms with Gasteiger partial charge in [-0.3, -0.25) is 4.79 Å². The van der Waals surface area contributed by atoms with Crippen molar-refractivity contribution < 1.29 is 17.6 Å². The van der Waals surface area contributed by atoms with E-state index in [9.17, 15) is 13.2 Å². The van der Waals surface area contributed by atoms with Gasteiger partial charge in [0.15, 0.2) is 15.6 Å². The molecule has 1 aromatic carbocycles. The lowest BCUT2D eigenvalue weighted by Crippen LogP contribution is -2.39. The van der Waals surface area contributed by atoms with E-state index in [0.29, 0.717) is 24.4 Å². The highest BCUT2D eigenvalue weighted by atomic mass is 32.2. The van der Waals surface area contributed by atoms with Crippen LogP contribution in [0.15, 0.2) is 47.1 Å². The van der Waals surface area contributed by atoms with E-state index >= 15 is 0 Å². The molecule has 0 spiro atoms. The smallest absolute Gasteiger partial charge is 0.291 e.